The van der Waals surface area contributed by atoms with E-state index in [4.69, 9.17) is 28.9 Å². The number of aromatic hydroxyl groups is 2. The van der Waals surface area contributed by atoms with Gasteiger partial charge in [0.2, 0.25) is 0 Å². The highest BCUT2D eigenvalue weighted by molar-refractivity contribution is 6.33. The fourth-order valence-electron chi connectivity index (χ4n) is 2.56. The van der Waals surface area contributed by atoms with Crippen molar-refractivity contribution in [3.63, 3.8) is 0 Å². The number of benzene rings is 2. The van der Waals surface area contributed by atoms with Crippen molar-refractivity contribution in [1.82, 2.24) is 5.32 Å². The summed E-state index contributed by atoms with van der Waals surface area (Å²) in [7, 11) is 0. The van der Waals surface area contributed by atoms with Crippen LogP contribution in [0.3, 0.4) is 0 Å². The molecule has 0 radical (unpaired) electrons. The minimum absolute atomic E-state index is 0.187. The largest absolute Gasteiger partial charge is 0.505 e. The second-order valence-electron chi connectivity index (χ2n) is 5.58. The summed E-state index contributed by atoms with van der Waals surface area (Å²) in [6, 6.07) is 4.36. The molecule has 2 aromatic rings. The molecule has 0 unspecified atom stereocenters. The zero-order chi connectivity index (χ0) is 20.3. The number of carboxylic acid groups (broad SMARTS) is 2. The fraction of sp³-hybridized carbons (Fsp3) is 0.176. The lowest BCUT2D eigenvalue weighted by molar-refractivity contribution is 0.0682. The summed E-state index contributed by atoms with van der Waals surface area (Å²) < 4.78 is 0. The molecule has 10 heteroatoms. The Hall–Kier alpha value is -2.52. The van der Waals surface area contributed by atoms with Gasteiger partial charge in [-0.3, -0.25) is 0 Å². The van der Waals surface area contributed by atoms with E-state index in [1.165, 1.54) is 24.3 Å². The van der Waals surface area contributed by atoms with E-state index in [0.717, 1.165) is 0 Å². The SMILES string of the molecule is NCCNC(c1cc(Cl)c(O)c(C(=O)O)c1)c1cc(Cl)c(O)c(C(=O)O)c1. The van der Waals surface area contributed by atoms with Crippen LogP contribution in [-0.2, 0) is 0 Å². The van der Waals surface area contributed by atoms with Crippen molar-refractivity contribution in [2.24, 2.45) is 5.73 Å². The van der Waals surface area contributed by atoms with Crippen LogP contribution >= 0.6 is 23.2 Å². The number of hydrogen-bond acceptors (Lipinski definition) is 6. The lowest BCUT2D eigenvalue weighted by Crippen LogP contribution is -2.28. The van der Waals surface area contributed by atoms with Gasteiger partial charge in [-0.2, -0.15) is 0 Å². The van der Waals surface area contributed by atoms with Gasteiger partial charge in [0.25, 0.3) is 0 Å². The Labute approximate surface area is 163 Å². The lowest BCUT2D eigenvalue weighted by atomic mass is 9.94. The van der Waals surface area contributed by atoms with Crippen molar-refractivity contribution in [2.45, 2.75) is 6.04 Å². The monoisotopic (exact) mass is 414 g/mol. The van der Waals surface area contributed by atoms with Crippen LogP contribution in [0.5, 0.6) is 11.5 Å². The normalized spacial score (nSPS) is 11.0. The minimum atomic E-state index is -1.39. The maximum Gasteiger partial charge on any atom is 0.339 e. The highest BCUT2D eigenvalue weighted by Crippen LogP contribution is 2.36. The van der Waals surface area contributed by atoms with Gasteiger partial charge in [0.15, 0.2) is 0 Å². The van der Waals surface area contributed by atoms with Crippen LogP contribution in [0.1, 0.15) is 37.9 Å². The fourth-order valence-corrected chi connectivity index (χ4v) is 3.01. The van der Waals surface area contributed by atoms with E-state index < -0.39 is 40.6 Å². The van der Waals surface area contributed by atoms with Gasteiger partial charge in [-0.05, 0) is 35.4 Å². The molecular weight excluding hydrogens is 399 g/mol. The predicted octanol–water partition coefficient (Wildman–Crippen LogP) is 2.44. The molecule has 0 heterocycles. The van der Waals surface area contributed by atoms with Crippen molar-refractivity contribution in [2.75, 3.05) is 13.1 Å². The van der Waals surface area contributed by atoms with Crippen LogP contribution in [-0.4, -0.2) is 45.5 Å². The van der Waals surface area contributed by atoms with Crippen LogP contribution < -0.4 is 11.1 Å². The molecule has 0 spiro atoms. The van der Waals surface area contributed by atoms with E-state index in [0.29, 0.717) is 17.7 Å². The van der Waals surface area contributed by atoms with Crippen LogP contribution in [0, 0.1) is 0 Å². The van der Waals surface area contributed by atoms with Crippen molar-refractivity contribution < 1.29 is 30.0 Å². The van der Waals surface area contributed by atoms with E-state index in [9.17, 15) is 30.0 Å². The third kappa shape index (κ3) is 4.42. The summed E-state index contributed by atoms with van der Waals surface area (Å²) in [6.07, 6.45) is 0. The van der Waals surface area contributed by atoms with Gasteiger partial charge >= 0.3 is 11.9 Å². The maximum absolute atomic E-state index is 11.4. The van der Waals surface area contributed by atoms with Crippen LogP contribution in [0.4, 0.5) is 0 Å². The van der Waals surface area contributed by atoms with E-state index in [-0.39, 0.29) is 16.6 Å². The van der Waals surface area contributed by atoms with Crippen LogP contribution in [0.15, 0.2) is 24.3 Å². The number of aromatic carboxylic acids is 2. The number of rotatable bonds is 7. The second kappa shape index (κ2) is 8.45. The molecule has 0 bridgehead atoms. The van der Waals surface area contributed by atoms with E-state index >= 15 is 0 Å². The number of hydrogen-bond donors (Lipinski definition) is 6. The van der Waals surface area contributed by atoms with Gasteiger partial charge in [-0.25, -0.2) is 9.59 Å². The van der Waals surface area contributed by atoms with Gasteiger partial charge in [0, 0.05) is 13.1 Å². The molecular formula is C17H16Cl2N2O6. The number of halogens is 2. The van der Waals surface area contributed by atoms with Crippen molar-refractivity contribution >= 4 is 35.1 Å². The summed E-state index contributed by atoms with van der Waals surface area (Å²) in [5.74, 6) is -3.94. The number of phenols is 2. The first-order valence-electron chi connectivity index (χ1n) is 7.62. The molecule has 2 aromatic carbocycles. The Bertz CT molecular complexity index is 834. The lowest BCUT2D eigenvalue weighted by Gasteiger charge is -2.22. The van der Waals surface area contributed by atoms with Crippen LogP contribution in [0.2, 0.25) is 10.0 Å². The van der Waals surface area contributed by atoms with Crippen molar-refractivity contribution in [1.29, 1.82) is 0 Å². The molecule has 0 saturated carbocycles. The van der Waals surface area contributed by atoms with Gasteiger partial charge in [-0.1, -0.05) is 23.2 Å². The molecule has 0 fully saturated rings. The topological polar surface area (TPSA) is 153 Å². The molecule has 7 N–H and O–H groups in total. The first-order valence-corrected chi connectivity index (χ1v) is 8.37. The first kappa shape index (κ1) is 20.8. The molecule has 0 saturated heterocycles. The third-order valence-electron chi connectivity index (χ3n) is 3.79. The van der Waals surface area contributed by atoms with Crippen molar-refractivity contribution in [3.05, 3.63) is 56.6 Å². The number of carboxylic acids is 2. The average molecular weight is 415 g/mol. The van der Waals surface area contributed by atoms with Gasteiger partial charge in [0.1, 0.15) is 22.6 Å². The molecule has 8 nitrogen and oxygen atoms in total. The Morgan fingerprint density at radius 2 is 1.33 bits per heavy atom. The predicted molar refractivity (Wildman–Crippen MR) is 99.1 cm³/mol. The van der Waals surface area contributed by atoms with Crippen LogP contribution in [0.25, 0.3) is 0 Å². The molecule has 0 aromatic heterocycles. The van der Waals surface area contributed by atoms with Gasteiger partial charge < -0.3 is 31.5 Å². The van der Waals surface area contributed by atoms with E-state index in [1.54, 1.807) is 0 Å². The van der Waals surface area contributed by atoms with Gasteiger partial charge in [0.05, 0.1) is 16.1 Å². The van der Waals surface area contributed by atoms with E-state index in [1.807, 2.05) is 0 Å². The highest BCUT2D eigenvalue weighted by Gasteiger charge is 2.23. The van der Waals surface area contributed by atoms with E-state index in [2.05, 4.69) is 5.32 Å². The Morgan fingerprint density at radius 3 is 1.67 bits per heavy atom. The van der Waals surface area contributed by atoms with Gasteiger partial charge in [-0.15, -0.1) is 0 Å². The maximum atomic E-state index is 11.4. The second-order valence-corrected chi connectivity index (χ2v) is 6.40. The standard InChI is InChI=1S/C17H16Cl2N2O6/c18-11-5-7(3-9(14(11)22)16(24)25)13(21-2-1-20)8-4-10(17(26)27)15(23)12(19)6-8/h3-6,13,21-23H,1-2,20H2,(H,24,25)(H,26,27). The highest BCUT2D eigenvalue weighted by atomic mass is 35.5. The minimum Gasteiger partial charge on any atom is -0.505 e. The molecule has 0 amide bonds. The molecule has 144 valence electrons. The number of nitrogens with one attached hydrogen (secondary N) is 1. The first-order chi connectivity index (χ1) is 12.7. The zero-order valence-corrected chi connectivity index (χ0v) is 15.3. The van der Waals surface area contributed by atoms with Crippen molar-refractivity contribution in [3.8, 4) is 11.5 Å². The molecule has 0 atom stereocenters. The average Bonchev–Trinajstić information content (AvgIpc) is 2.60. The number of carbonyl (C=O) groups is 2. The smallest absolute Gasteiger partial charge is 0.339 e. The quantitative estimate of drug-likeness (QED) is 0.403. The Kier molecular flexibility index (Phi) is 6.50. The Balaban J connectivity index is 2.67. The summed E-state index contributed by atoms with van der Waals surface area (Å²) in [4.78, 5) is 22.7. The molecule has 2 rings (SSSR count). The summed E-state index contributed by atoms with van der Waals surface area (Å²) >= 11 is 11.9. The molecule has 0 aliphatic heterocycles. The molecule has 0 aliphatic carbocycles. The molecule has 27 heavy (non-hydrogen) atoms. The summed E-state index contributed by atoms with van der Waals surface area (Å²) in [5, 5.41) is 40.8. The summed E-state index contributed by atoms with van der Waals surface area (Å²) in [6.45, 7) is 0.540. The Morgan fingerprint density at radius 1 is 0.926 bits per heavy atom. The molecule has 0 aliphatic rings. The summed E-state index contributed by atoms with van der Waals surface area (Å²) in [5.41, 5.74) is 5.35. The number of nitrogens with two attached hydrogens (primary N) is 1. The third-order valence-corrected chi connectivity index (χ3v) is 4.37. The zero-order valence-electron chi connectivity index (χ0n) is 13.7.